The summed E-state index contributed by atoms with van der Waals surface area (Å²) >= 11 is 0. The van der Waals surface area contributed by atoms with Gasteiger partial charge in [-0.25, -0.2) is 4.39 Å². The molecule has 0 saturated heterocycles. The first-order valence-electron chi connectivity index (χ1n) is 7.75. The summed E-state index contributed by atoms with van der Waals surface area (Å²) in [4.78, 5) is 0. The highest BCUT2D eigenvalue weighted by molar-refractivity contribution is 5.16. The highest BCUT2D eigenvalue weighted by Crippen LogP contribution is 2.25. The van der Waals surface area contributed by atoms with Crippen molar-refractivity contribution in [3.63, 3.8) is 0 Å². The highest BCUT2D eigenvalue weighted by Gasteiger charge is 2.16. The van der Waals surface area contributed by atoms with Crippen molar-refractivity contribution >= 4 is 0 Å². The van der Waals surface area contributed by atoms with Crippen molar-refractivity contribution in [2.75, 3.05) is 6.54 Å². The first-order valence-corrected chi connectivity index (χ1v) is 7.75. The van der Waals surface area contributed by atoms with Crippen LogP contribution in [0.3, 0.4) is 0 Å². The van der Waals surface area contributed by atoms with Crippen LogP contribution < -0.4 is 5.32 Å². The molecule has 1 nitrogen and oxygen atoms in total. The predicted octanol–water partition coefficient (Wildman–Crippen LogP) is 4.32. The lowest BCUT2D eigenvalue weighted by Gasteiger charge is -2.16. The number of hydrogen-bond acceptors (Lipinski definition) is 1. The van der Waals surface area contributed by atoms with Crippen LogP contribution in [-0.4, -0.2) is 12.6 Å². The smallest absolute Gasteiger partial charge is 0.123 e. The molecule has 2 atom stereocenters. The van der Waals surface area contributed by atoms with E-state index >= 15 is 0 Å². The molecule has 2 heteroatoms. The third-order valence-electron chi connectivity index (χ3n) is 4.40. The van der Waals surface area contributed by atoms with Gasteiger partial charge in [-0.1, -0.05) is 38.3 Å². The van der Waals surface area contributed by atoms with Crippen LogP contribution in [0.15, 0.2) is 24.3 Å². The van der Waals surface area contributed by atoms with Crippen molar-refractivity contribution in [3.8, 4) is 0 Å². The van der Waals surface area contributed by atoms with E-state index < -0.39 is 0 Å². The van der Waals surface area contributed by atoms with Crippen LogP contribution in [0.25, 0.3) is 0 Å². The Kier molecular flexibility index (Phi) is 5.84. The number of nitrogens with one attached hydrogen (secondary N) is 1. The van der Waals surface area contributed by atoms with Crippen molar-refractivity contribution in [2.24, 2.45) is 5.92 Å². The molecule has 106 valence electrons. The van der Waals surface area contributed by atoms with Crippen LogP contribution in [0.4, 0.5) is 4.39 Å². The monoisotopic (exact) mass is 263 g/mol. The second-order valence-electron chi connectivity index (χ2n) is 5.81. The van der Waals surface area contributed by atoms with E-state index in [2.05, 4.69) is 12.2 Å². The molecular weight excluding hydrogens is 237 g/mol. The largest absolute Gasteiger partial charge is 0.314 e. The average Bonchev–Trinajstić information content (AvgIpc) is 2.64. The fourth-order valence-electron chi connectivity index (χ4n) is 3.10. The number of benzene rings is 1. The van der Waals surface area contributed by atoms with Gasteiger partial charge in [0, 0.05) is 6.04 Å². The molecule has 1 aromatic rings. The molecule has 0 bridgehead atoms. The molecule has 1 aromatic carbocycles. The molecule has 19 heavy (non-hydrogen) atoms. The summed E-state index contributed by atoms with van der Waals surface area (Å²) in [7, 11) is 0. The van der Waals surface area contributed by atoms with Crippen LogP contribution >= 0.6 is 0 Å². The summed E-state index contributed by atoms with van der Waals surface area (Å²) in [5, 5.41) is 3.65. The quantitative estimate of drug-likeness (QED) is 0.780. The average molecular weight is 263 g/mol. The van der Waals surface area contributed by atoms with Crippen LogP contribution in [0.2, 0.25) is 0 Å². The molecule has 1 N–H and O–H groups in total. The summed E-state index contributed by atoms with van der Waals surface area (Å²) in [6.45, 7) is 3.27. The molecule has 1 aliphatic carbocycles. The number of halogens is 1. The van der Waals surface area contributed by atoms with Crippen molar-refractivity contribution < 1.29 is 4.39 Å². The highest BCUT2D eigenvalue weighted by atomic mass is 19.1. The van der Waals surface area contributed by atoms with Crippen LogP contribution in [-0.2, 0) is 6.42 Å². The van der Waals surface area contributed by atoms with E-state index in [9.17, 15) is 4.39 Å². The molecule has 0 heterocycles. The van der Waals surface area contributed by atoms with Gasteiger partial charge in [0.2, 0.25) is 0 Å². The second kappa shape index (κ2) is 7.64. The summed E-state index contributed by atoms with van der Waals surface area (Å²) in [5.41, 5.74) is 1.09. The Bertz CT molecular complexity index is 377. The van der Waals surface area contributed by atoms with Crippen LogP contribution in [0.1, 0.15) is 51.0 Å². The molecule has 0 aromatic heterocycles. The van der Waals surface area contributed by atoms with Gasteiger partial charge < -0.3 is 5.32 Å². The Hall–Kier alpha value is -0.890. The minimum absolute atomic E-state index is 0.127. The lowest BCUT2D eigenvalue weighted by molar-refractivity contribution is 0.427. The molecule has 2 unspecified atom stereocenters. The Morgan fingerprint density at radius 1 is 1.21 bits per heavy atom. The fraction of sp³-hybridized carbons (Fsp3) is 0.647. The SMILES string of the molecule is CCC1CCCC(NCCc2cccc(F)c2)CC1. The van der Waals surface area contributed by atoms with E-state index in [0.717, 1.165) is 24.4 Å². The summed E-state index contributed by atoms with van der Waals surface area (Å²) < 4.78 is 13.1. The van der Waals surface area contributed by atoms with Gasteiger partial charge >= 0.3 is 0 Å². The van der Waals surface area contributed by atoms with Gasteiger partial charge in [-0.15, -0.1) is 0 Å². The molecule has 1 saturated carbocycles. The minimum Gasteiger partial charge on any atom is -0.314 e. The van der Waals surface area contributed by atoms with Gasteiger partial charge in [0.05, 0.1) is 0 Å². The lowest BCUT2D eigenvalue weighted by atomic mass is 9.98. The maximum absolute atomic E-state index is 13.1. The molecule has 1 fully saturated rings. The maximum Gasteiger partial charge on any atom is 0.123 e. The van der Waals surface area contributed by atoms with Gasteiger partial charge in [0.25, 0.3) is 0 Å². The van der Waals surface area contributed by atoms with E-state index in [1.54, 1.807) is 12.1 Å². The van der Waals surface area contributed by atoms with Crippen molar-refractivity contribution in [3.05, 3.63) is 35.6 Å². The summed E-state index contributed by atoms with van der Waals surface area (Å²) in [6.07, 6.45) is 8.99. The third kappa shape index (κ3) is 4.94. The van der Waals surface area contributed by atoms with Crippen molar-refractivity contribution in [1.82, 2.24) is 5.32 Å². The Balaban J connectivity index is 1.70. The standard InChI is InChI=1S/C17H26FN/c1-2-14-5-4-8-17(10-9-14)19-12-11-15-6-3-7-16(18)13-15/h3,6-7,13-14,17,19H,2,4-5,8-12H2,1H3. The van der Waals surface area contributed by atoms with E-state index in [1.807, 2.05) is 6.07 Å². The second-order valence-corrected chi connectivity index (χ2v) is 5.81. The first kappa shape index (κ1) is 14.5. The van der Waals surface area contributed by atoms with E-state index in [1.165, 1.54) is 44.6 Å². The van der Waals surface area contributed by atoms with Crippen molar-refractivity contribution in [2.45, 2.75) is 57.9 Å². The molecule has 0 amide bonds. The zero-order valence-corrected chi connectivity index (χ0v) is 12.0. The third-order valence-corrected chi connectivity index (χ3v) is 4.40. The minimum atomic E-state index is -0.127. The Labute approximate surface area is 116 Å². The van der Waals surface area contributed by atoms with Gasteiger partial charge in [-0.3, -0.25) is 0 Å². The molecule has 2 rings (SSSR count). The molecule has 1 aliphatic rings. The van der Waals surface area contributed by atoms with Crippen LogP contribution in [0, 0.1) is 11.7 Å². The number of rotatable bonds is 5. The maximum atomic E-state index is 13.1. The van der Waals surface area contributed by atoms with E-state index in [0.29, 0.717) is 6.04 Å². The predicted molar refractivity (Wildman–Crippen MR) is 78.8 cm³/mol. The Morgan fingerprint density at radius 3 is 2.89 bits per heavy atom. The van der Waals surface area contributed by atoms with Gasteiger partial charge in [-0.05, 0) is 55.8 Å². The summed E-state index contributed by atoms with van der Waals surface area (Å²) in [5.74, 6) is 0.813. The van der Waals surface area contributed by atoms with Gasteiger partial charge in [-0.2, -0.15) is 0 Å². The molecule has 0 spiro atoms. The molecular formula is C17H26FN. The lowest BCUT2D eigenvalue weighted by Crippen LogP contribution is -2.30. The van der Waals surface area contributed by atoms with Crippen molar-refractivity contribution in [1.29, 1.82) is 0 Å². The zero-order chi connectivity index (χ0) is 13.5. The Morgan fingerprint density at radius 2 is 2.11 bits per heavy atom. The van der Waals surface area contributed by atoms with Gasteiger partial charge in [0.15, 0.2) is 0 Å². The summed E-state index contributed by atoms with van der Waals surface area (Å²) in [6, 6.07) is 7.62. The zero-order valence-electron chi connectivity index (χ0n) is 12.0. The number of hydrogen-bond donors (Lipinski definition) is 1. The molecule has 0 aliphatic heterocycles. The van der Waals surface area contributed by atoms with Gasteiger partial charge in [0.1, 0.15) is 5.82 Å². The fourth-order valence-corrected chi connectivity index (χ4v) is 3.10. The van der Waals surface area contributed by atoms with E-state index in [-0.39, 0.29) is 5.82 Å². The topological polar surface area (TPSA) is 12.0 Å². The normalized spacial score (nSPS) is 24.1. The van der Waals surface area contributed by atoms with Crippen LogP contribution in [0.5, 0.6) is 0 Å². The molecule has 0 radical (unpaired) electrons. The first-order chi connectivity index (χ1) is 9.28. The van der Waals surface area contributed by atoms with E-state index in [4.69, 9.17) is 0 Å².